The lowest BCUT2D eigenvalue weighted by Crippen LogP contribution is -1.93. The van der Waals surface area contributed by atoms with E-state index >= 15 is 0 Å². The lowest BCUT2D eigenvalue weighted by Gasteiger charge is -2.20. The van der Waals surface area contributed by atoms with E-state index in [1.54, 1.807) is 0 Å². The molecule has 0 saturated heterocycles. The van der Waals surface area contributed by atoms with Crippen molar-refractivity contribution in [3.05, 3.63) is 534 Å². The molecule has 3 heterocycles. The third-order valence-electron chi connectivity index (χ3n) is 31.4. The van der Waals surface area contributed by atoms with Crippen molar-refractivity contribution in [1.29, 1.82) is 0 Å². The minimum absolute atomic E-state index is 0.909. The highest BCUT2D eigenvalue weighted by molar-refractivity contribution is 6.31. The summed E-state index contributed by atoms with van der Waals surface area (Å²) < 4.78 is 19.1. The molecule has 3 heteroatoms. The molecule has 0 unspecified atom stereocenters. The van der Waals surface area contributed by atoms with E-state index in [0.29, 0.717) is 0 Å². The van der Waals surface area contributed by atoms with Gasteiger partial charge in [-0.1, -0.05) is 437 Å². The zero-order chi connectivity index (χ0) is 97.8. The first-order chi connectivity index (χ1) is 73.9. The van der Waals surface area contributed by atoms with Gasteiger partial charge < -0.3 is 13.3 Å². The van der Waals surface area contributed by atoms with E-state index < -0.39 is 0 Å². The van der Waals surface area contributed by atoms with Crippen LogP contribution in [0.15, 0.2) is 547 Å². The molecule has 690 valence electrons. The van der Waals surface area contributed by atoms with Gasteiger partial charge in [-0.3, -0.25) is 0 Å². The fourth-order valence-corrected chi connectivity index (χ4v) is 24.8. The summed E-state index contributed by atoms with van der Waals surface area (Å²) in [5.74, 6) is 0. The number of hydrogen-bond donors (Lipinski definition) is 0. The van der Waals surface area contributed by atoms with E-state index in [9.17, 15) is 0 Å². The highest BCUT2D eigenvalue weighted by Gasteiger charge is 2.27. The van der Waals surface area contributed by atoms with Crippen molar-refractivity contribution in [1.82, 2.24) is 0 Å². The summed E-state index contributed by atoms with van der Waals surface area (Å²) in [5.41, 5.74) is 27.7. The number of fused-ring (bicyclic) bond motifs is 26. The molecule has 32 aromatic rings. The van der Waals surface area contributed by atoms with Crippen molar-refractivity contribution in [2.75, 3.05) is 0 Å². The Morgan fingerprint density at radius 3 is 0.651 bits per heavy atom. The normalized spacial score (nSPS) is 11.9. The zero-order valence-electron chi connectivity index (χ0n) is 81.0. The molecule has 0 saturated carbocycles. The molecule has 0 amide bonds. The number of hydrogen-bond acceptors (Lipinski definition) is 3. The largest absolute Gasteiger partial charge is 0.456 e. The molecule has 149 heavy (non-hydrogen) atoms. The summed E-state index contributed by atoms with van der Waals surface area (Å²) in [7, 11) is 0. The number of benzene rings is 29. The third kappa shape index (κ3) is 14.0. The van der Waals surface area contributed by atoms with Crippen LogP contribution in [-0.4, -0.2) is 0 Å². The maximum Gasteiger partial charge on any atom is 0.136 e. The van der Waals surface area contributed by atoms with Crippen molar-refractivity contribution >= 4 is 217 Å². The Morgan fingerprint density at radius 1 is 0.0940 bits per heavy atom. The topological polar surface area (TPSA) is 39.4 Å². The summed E-state index contributed by atoms with van der Waals surface area (Å²) in [4.78, 5) is 0. The lowest BCUT2D eigenvalue weighted by atomic mass is 9.83. The quantitative estimate of drug-likeness (QED) is 0.135. The molecular formula is C146H88O3. The third-order valence-corrected chi connectivity index (χ3v) is 31.4. The van der Waals surface area contributed by atoms with Crippen LogP contribution in [-0.2, 0) is 0 Å². The maximum atomic E-state index is 6.39. The van der Waals surface area contributed by atoms with Gasteiger partial charge >= 0.3 is 0 Å². The molecular weight excluding hydrogens is 1800 g/mol. The standard InChI is InChI=1S/2C50H30O.C46H28O/c1-4-16-36-31(12-1)15-11-23-39(36)48-40-19-7-9-21-42(40)49(43-22-10-8-20-41(43)48)44-30-35(28-34-14-3-5-17-37(34)44)33-25-26-46-45(29-33)50-38-18-6-2-13-32(38)24-27-47(50)51-46;1-2-13-33-27-36(22-21-31(33)11-1)48-40-17-7-9-19-42(40)49(43-20-10-8-18-41(43)48)44-30-37(28-35-14-4-5-15-38(35)44)34-24-25-46-45(29-34)50-39-16-6-3-12-32(39)23-26-47(50)51-46;1-2-13-30(14-3-1)44-36-18-8-10-20-38(36)45(39-21-11-9-19-37(39)44)40-28-33(26-32-15-5-6-16-34(32)40)31-23-24-42-41(27-31)46-35-17-7-4-12-29(35)22-25-43(46)47-42/h2*1-30H;1-28H. The molecule has 0 N–H and O–H groups in total. The molecule has 0 aliphatic heterocycles. The first-order valence-electron chi connectivity index (χ1n) is 51.4. The second kappa shape index (κ2) is 34.6. The summed E-state index contributed by atoms with van der Waals surface area (Å²) in [6, 6.07) is 195. The smallest absolute Gasteiger partial charge is 0.136 e. The highest BCUT2D eigenvalue weighted by atomic mass is 16.3. The Hall–Kier alpha value is -19.6. The van der Waals surface area contributed by atoms with Crippen molar-refractivity contribution in [2.45, 2.75) is 0 Å². The Bertz CT molecular complexity index is 11100. The highest BCUT2D eigenvalue weighted by Crippen LogP contribution is 2.54. The molecule has 0 fully saturated rings. The minimum Gasteiger partial charge on any atom is -0.456 e. The van der Waals surface area contributed by atoms with E-state index in [-0.39, 0.29) is 0 Å². The Morgan fingerprint density at radius 2 is 0.315 bits per heavy atom. The Kier molecular flexibility index (Phi) is 19.8. The van der Waals surface area contributed by atoms with Gasteiger partial charge in [-0.05, 0) is 348 Å². The summed E-state index contributed by atoms with van der Waals surface area (Å²) in [5, 5.41) is 41.8. The van der Waals surface area contributed by atoms with Crippen LogP contribution in [0.4, 0.5) is 0 Å². The lowest BCUT2D eigenvalue weighted by molar-refractivity contribution is 0.669. The van der Waals surface area contributed by atoms with Crippen molar-refractivity contribution in [3.8, 4) is 100 Å². The van der Waals surface area contributed by atoms with E-state index in [1.807, 2.05) is 0 Å². The molecule has 0 aliphatic rings. The predicted octanol–water partition coefficient (Wildman–Crippen LogP) is 41.9. The molecule has 32 rings (SSSR count). The van der Waals surface area contributed by atoms with Gasteiger partial charge in [0.1, 0.15) is 33.5 Å². The summed E-state index contributed by atoms with van der Waals surface area (Å²) >= 11 is 0. The van der Waals surface area contributed by atoms with E-state index in [4.69, 9.17) is 13.3 Å². The van der Waals surface area contributed by atoms with Crippen LogP contribution >= 0.6 is 0 Å². The predicted molar refractivity (Wildman–Crippen MR) is 635 cm³/mol. The van der Waals surface area contributed by atoms with Crippen LogP contribution in [0.25, 0.3) is 317 Å². The second-order valence-corrected chi connectivity index (χ2v) is 39.6. The Labute approximate surface area is 857 Å². The van der Waals surface area contributed by atoms with Crippen molar-refractivity contribution < 1.29 is 13.3 Å². The van der Waals surface area contributed by atoms with Gasteiger partial charge in [0, 0.05) is 32.3 Å². The van der Waals surface area contributed by atoms with E-state index in [0.717, 1.165) is 49.7 Å². The number of rotatable bonds is 9. The molecule has 0 aliphatic carbocycles. The maximum absolute atomic E-state index is 6.39. The summed E-state index contributed by atoms with van der Waals surface area (Å²) in [6.07, 6.45) is 0. The van der Waals surface area contributed by atoms with Gasteiger partial charge in [0.15, 0.2) is 0 Å². The molecule has 29 aromatic carbocycles. The van der Waals surface area contributed by atoms with Crippen LogP contribution in [0.3, 0.4) is 0 Å². The van der Waals surface area contributed by atoms with Gasteiger partial charge in [-0.25, -0.2) is 0 Å². The van der Waals surface area contributed by atoms with Gasteiger partial charge in [0.25, 0.3) is 0 Å². The average molecular weight is 1890 g/mol. The SMILES string of the molecule is c1ccc(-c2c3ccccc3c(-c3cc(-c4ccc5oc6ccc7ccccc7c6c5c4)cc4ccccc34)c3ccccc23)cc1.c1ccc2c(-c3c4ccccc4c(-c4cc(-c5ccc6oc7ccc8ccccc8c7c6c5)cc5ccccc45)c4ccccc34)cccc2c1.c1ccc2cc(-c3c4ccccc4c(-c4cc(-c5ccc6oc7ccc8ccccc8c7c6c5)cc5ccccc45)c4ccccc34)ccc2c1. The molecule has 0 bridgehead atoms. The first kappa shape index (κ1) is 85.0. The van der Waals surface area contributed by atoms with Gasteiger partial charge in [-0.15, -0.1) is 0 Å². The van der Waals surface area contributed by atoms with E-state index in [2.05, 4.69) is 534 Å². The van der Waals surface area contributed by atoms with Crippen molar-refractivity contribution in [3.63, 3.8) is 0 Å². The molecule has 0 spiro atoms. The summed E-state index contributed by atoms with van der Waals surface area (Å²) in [6.45, 7) is 0. The average Bonchev–Trinajstić information content (AvgIpc) is 1.25. The van der Waals surface area contributed by atoms with Crippen LogP contribution in [0.1, 0.15) is 0 Å². The molecule has 3 aromatic heterocycles. The van der Waals surface area contributed by atoms with Crippen LogP contribution < -0.4 is 0 Å². The fourth-order valence-electron chi connectivity index (χ4n) is 24.8. The fraction of sp³-hybridized carbons (Fsp3) is 0. The molecule has 0 atom stereocenters. The van der Waals surface area contributed by atoms with Crippen LogP contribution in [0.5, 0.6) is 0 Å². The van der Waals surface area contributed by atoms with Gasteiger partial charge in [0.05, 0.1) is 0 Å². The zero-order valence-corrected chi connectivity index (χ0v) is 81.0. The molecule has 3 nitrogen and oxygen atoms in total. The van der Waals surface area contributed by atoms with Crippen LogP contribution in [0, 0.1) is 0 Å². The van der Waals surface area contributed by atoms with Crippen molar-refractivity contribution in [2.24, 2.45) is 0 Å². The van der Waals surface area contributed by atoms with Crippen LogP contribution in [0.2, 0.25) is 0 Å². The molecule has 0 radical (unpaired) electrons. The monoisotopic (exact) mass is 1890 g/mol. The van der Waals surface area contributed by atoms with E-state index in [1.165, 1.54) is 267 Å². The van der Waals surface area contributed by atoms with Gasteiger partial charge in [0.2, 0.25) is 0 Å². The van der Waals surface area contributed by atoms with Gasteiger partial charge in [-0.2, -0.15) is 0 Å². The first-order valence-corrected chi connectivity index (χ1v) is 51.4. The minimum atomic E-state index is 0.909. The Balaban J connectivity index is 0.000000103. The second-order valence-electron chi connectivity index (χ2n) is 39.6. The number of furan rings is 3.